The molecule has 0 saturated heterocycles. The molecule has 2 heterocycles. The Bertz CT molecular complexity index is 375. The second-order valence-electron chi connectivity index (χ2n) is 3.79. The Morgan fingerprint density at radius 1 is 1.56 bits per heavy atom. The molecule has 1 amide bonds. The standard InChI is InChI=1S/C10H16N4O2/c15-5-1-3-12-10(16)9-7-6-11-4-2-8(7)13-14-9/h11,15H,1-6H2,(H,12,16)(H,13,14). The summed E-state index contributed by atoms with van der Waals surface area (Å²) in [5, 5.41) is 21.5. The number of carbonyl (C=O) groups is 1. The van der Waals surface area contributed by atoms with Gasteiger partial charge >= 0.3 is 0 Å². The predicted molar refractivity (Wildman–Crippen MR) is 58.0 cm³/mol. The SMILES string of the molecule is O=C(NCCCO)c1n[nH]c2c1CNCC2. The van der Waals surface area contributed by atoms with Gasteiger partial charge in [-0.05, 0) is 6.42 Å². The van der Waals surface area contributed by atoms with E-state index in [-0.39, 0.29) is 12.5 Å². The third-order valence-corrected chi connectivity index (χ3v) is 2.64. The Morgan fingerprint density at radius 3 is 3.25 bits per heavy atom. The maximum atomic E-state index is 11.7. The number of aromatic nitrogens is 2. The summed E-state index contributed by atoms with van der Waals surface area (Å²) in [4.78, 5) is 11.7. The molecule has 0 spiro atoms. The molecule has 88 valence electrons. The van der Waals surface area contributed by atoms with Crippen LogP contribution in [0.4, 0.5) is 0 Å². The highest BCUT2D eigenvalue weighted by atomic mass is 16.3. The summed E-state index contributed by atoms with van der Waals surface area (Å²) in [6, 6.07) is 0. The van der Waals surface area contributed by atoms with E-state index in [9.17, 15) is 4.79 Å². The normalized spacial score (nSPS) is 14.6. The zero-order valence-corrected chi connectivity index (χ0v) is 9.05. The molecule has 0 aliphatic carbocycles. The number of H-pyrrole nitrogens is 1. The zero-order chi connectivity index (χ0) is 11.4. The monoisotopic (exact) mass is 224 g/mol. The predicted octanol–water partition coefficient (Wildman–Crippen LogP) is -0.832. The summed E-state index contributed by atoms with van der Waals surface area (Å²) >= 11 is 0. The zero-order valence-electron chi connectivity index (χ0n) is 9.05. The Balaban J connectivity index is 2.03. The molecule has 0 bridgehead atoms. The summed E-state index contributed by atoms with van der Waals surface area (Å²) in [6.07, 6.45) is 1.45. The summed E-state index contributed by atoms with van der Waals surface area (Å²) in [6.45, 7) is 2.17. The number of hydrogen-bond acceptors (Lipinski definition) is 4. The van der Waals surface area contributed by atoms with Gasteiger partial charge in [0, 0.05) is 43.9 Å². The van der Waals surface area contributed by atoms with Crippen LogP contribution < -0.4 is 10.6 Å². The number of aliphatic hydroxyl groups is 1. The van der Waals surface area contributed by atoms with Gasteiger partial charge in [0.1, 0.15) is 0 Å². The third-order valence-electron chi connectivity index (χ3n) is 2.64. The Labute approximate surface area is 93.4 Å². The van der Waals surface area contributed by atoms with E-state index in [2.05, 4.69) is 20.8 Å². The molecule has 1 aromatic heterocycles. The van der Waals surface area contributed by atoms with Crippen LogP contribution in [-0.2, 0) is 13.0 Å². The smallest absolute Gasteiger partial charge is 0.272 e. The molecule has 1 aliphatic rings. The topological polar surface area (TPSA) is 90.0 Å². The lowest BCUT2D eigenvalue weighted by atomic mass is 10.1. The van der Waals surface area contributed by atoms with Crippen molar-refractivity contribution in [2.75, 3.05) is 19.7 Å². The van der Waals surface area contributed by atoms with Crippen molar-refractivity contribution in [2.24, 2.45) is 0 Å². The maximum Gasteiger partial charge on any atom is 0.272 e. The average molecular weight is 224 g/mol. The molecule has 0 fully saturated rings. The molecule has 0 atom stereocenters. The molecular formula is C10H16N4O2. The second kappa shape index (κ2) is 5.09. The molecule has 6 heteroatoms. The Hall–Kier alpha value is -1.40. The van der Waals surface area contributed by atoms with Crippen molar-refractivity contribution in [2.45, 2.75) is 19.4 Å². The van der Waals surface area contributed by atoms with Gasteiger partial charge in [-0.3, -0.25) is 9.89 Å². The number of rotatable bonds is 4. The summed E-state index contributed by atoms with van der Waals surface area (Å²) in [7, 11) is 0. The van der Waals surface area contributed by atoms with Crippen LogP contribution in [0.1, 0.15) is 28.2 Å². The molecule has 1 aromatic rings. The van der Waals surface area contributed by atoms with Gasteiger partial charge in [0.15, 0.2) is 5.69 Å². The van der Waals surface area contributed by atoms with Crippen LogP contribution >= 0.6 is 0 Å². The molecular weight excluding hydrogens is 208 g/mol. The number of aromatic amines is 1. The number of nitrogens with zero attached hydrogens (tertiary/aromatic N) is 1. The van der Waals surface area contributed by atoms with Gasteiger partial charge in [-0.2, -0.15) is 5.10 Å². The highest BCUT2D eigenvalue weighted by Crippen LogP contribution is 2.14. The van der Waals surface area contributed by atoms with E-state index >= 15 is 0 Å². The average Bonchev–Trinajstić information content (AvgIpc) is 2.73. The fourth-order valence-electron chi connectivity index (χ4n) is 1.78. The molecule has 0 saturated carbocycles. The third kappa shape index (κ3) is 2.23. The van der Waals surface area contributed by atoms with Crippen LogP contribution in [0, 0.1) is 0 Å². The van der Waals surface area contributed by atoms with Crippen molar-refractivity contribution in [3.05, 3.63) is 17.0 Å². The minimum absolute atomic E-state index is 0.0838. The van der Waals surface area contributed by atoms with E-state index in [1.165, 1.54) is 0 Å². The van der Waals surface area contributed by atoms with E-state index in [1.807, 2.05) is 0 Å². The fourth-order valence-corrected chi connectivity index (χ4v) is 1.78. The molecule has 2 rings (SSSR count). The molecule has 1 aliphatic heterocycles. The van der Waals surface area contributed by atoms with Crippen LogP contribution in [0.15, 0.2) is 0 Å². The molecule has 16 heavy (non-hydrogen) atoms. The summed E-state index contributed by atoms with van der Waals surface area (Å²) in [5.74, 6) is -0.172. The number of carbonyl (C=O) groups excluding carboxylic acids is 1. The molecule has 6 nitrogen and oxygen atoms in total. The van der Waals surface area contributed by atoms with Crippen LogP contribution in [0.5, 0.6) is 0 Å². The molecule has 0 aromatic carbocycles. The second-order valence-corrected chi connectivity index (χ2v) is 3.79. The number of nitrogens with one attached hydrogen (secondary N) is 3. The van der Waals surface area contributed by atoms with Gasteiger partial charge in [0.05, 0.1) is 0 Å². The van der Waals surface area contributed by atoms with Crippen molar-refractivity contribution in [3.63, 3.8) is 0 Å². The lowest BCUT2D eigenvalue weighted by molar-refractivity contribution is 0.0945. The first-order chi connectivity index (χ1) is 7.83. The van der Waals surface area contributed by atoms with Crippen LogP contribution in [-0.4, -0.2) is 40.9 Å². The van der Waals surface area contributed by atoms with E-state index < -0.39 is 0 Å². The van der Waals surface area contributed by atoms with Gasteiger partial charge in [-0.1, -0.05) is 0 Å². The van der Waals surface area contributed by atoms with Crippen molar-refractivity contribution in [1.29, 1.82) is 0 Å². The highest BCUT2D eigenvalue weighted by molar-refractivity contribution is 5.93. The van der Waals surface area contributed by atoms with E-state index in [1.54, 1.807) is 0 Å². The minimum atomic E-state index is -0.172. The molecule has 0 unspecified atom stereocenters. The molecule has 4 N–H and O–H groups in total. The van der Waals surface area contributed by atoms with Gasteiger partial charge < -0.3 is 15.7 Å². The lowest BCUT2D eigenvalue weighted by Crippen LogP contribution is -2.29. The summed E-state index contributed by atoms with van der Waals surface area (Å²) in [5.41, 5.74) is 2.49. The fraction of sp³-hybridized carbons (Fsp3) is 0.600. The van der Waals surface area contributed by atoms with E-state index in [0.29, 0.717) is 25.2 Å². The Morgan fingerprint density at radius 2 is 2.44 bits per heavy atom. The largest absolute Gasteiger partial charge is 0.396 e. The maximum absolute atomic E-state index is 11.7. The van der Waals surface area contributed by atoms with Crippen molar-refractivity contribution in [3.8, 4) is 0 Å². The lowest BCUT2D eigenvalue weighted by Gasteiger charge is -2.12. The number of amides is 1. The van der Waals surface area contributed by atoms with Crippen LogP contribution in [0.25, 0.3) is 0 Å². The van der Waals surface area contributed by atoms with Gasteiger partial charge in [0.2, 0.25) is 0 Å². The first-order valence-corrected chi connectivity index (χ1v) is 5.49. The van der Waals surface area contributed by atoms with Crippen molar-refractivity contribution in [1.82, 2.24) is 20.8 Å². The van der Waals surface area contributed by atoms with Crippen LogP contribution in [0.2, 0.25) is 0 Å². The van der Waals surface area contributed by atoms with Crippen molar-refractivity contribution >= 4 is 5.91 Å². The number of aliphatic hydroxyl groups excluding tert-OH is 1. The summed E-state index contributed by atoms with van der Waals surface area (Å²) < 4.78 is 0. The first-order valence-electron chi connectivity index (χ1n) is 5.49. The first kappa shape index (κ1) is 11.1. The van der Waals surface area contributed by atoms with Crippen molar-refractivity contribution < 1.29 is 9.90 Å². The molecule has 0 radical (unpaired) electrons. The van der Waals surface area contributed by atoms with Gasteiger partial charge in [0.25, 0.3) is 5.91 Å². The number of hydrogen-bond donors (Lipinski definition) is 4. The van der Waals surface area contributed by atoms with Gasteiger partial charge in [-0.25, -0.2) is 0 Å². The van der Waals surface area contributed by atoms with E-state index in [0.717, 1.165) is 24.2 Å². The highest BCUT2D eigenvalue weighted by Gasteiger charge is 2.20. The van der Waals surface area contributed by atoms with Crippen LogP contribution in [0.3, 0.4) is 0 Å². The minimum Gasteiger partial charge on any atom is -0.396 e. The quantitative estimate of drug-likeness (QED) is 0.502. The van der Waals surface area contributed by atoms with E-state index in [4.69, 9.17) is 5.11 Å². The Kier molecular flexibility index (Phi) is 3.53. The number of fused-ring (bicyclic) bond motifs is 1. The van der Waals surface area contributed by atoms with Gasteiger partial charge in [-0.15, -0.1) is 0 Å².